The molecule has 2 amide bonds. The highest BCUT2D eigenvalue weighted by Gasteiger charge is 2.14. The molecule has 2 aromatic carbocycles. The average Bonchev–Trinajstić information content (AvgIpc) is 2.92. The number of piperidine rings is 1. The Hall–Kier alpha value is -3.81. The third-order valence-electron chi connectivity index (χ3n) is 6.73. The molecule has 2 heterocycles. The van der Waals surface area contributed by atoms with Gasteiger partial charge in [-0.15, -0.1) is 0 Å². The van der Waals surface area contributed by atoms with Gasteiger partial charge in [-0.1, -0.05) is 6.07 Å². The molecule has 4 rings (SSSR count). The summed E-state index contributed by atoms with van der Waals surface area (Å²) in [6, 6.07) is 13.6. The fourth-order valence-electron chi connectivity index (χ4n) is 4.66. The van der Waals surface area contributed by atoms with Gasteiger partial charge in [0.2, 0.25) is 11.8 Å². The van der Waals surface area contributed by atoms with Crippen LogP contribution in [-0.4, -0.2) is 50.7 Å². The first-order valence-electron chi connectivity index (χ1n) is 12.9. The normalized spacial score (nSPS) is 13.3. The van der Waals surface area contributed by atoms with Crippen molar-refractivity contribution in [2.24, 2.45) is 0 Å². The second-order valence-corrected chi connectivity index (χ2v) is 9.41. The Morgan fingerprint density at radius 2 is 1.68 bits per heavy atom. The van der Waals surface area contributed by atoms with Crippen molar-refractivity contribution in [2.45, 2.75) is 45.4 Å². The van der Waals surface area contributed by atoms with E-state index in [1.807, 2.05) is 36.4 Å². The van der Waals surface area contributed by atoms with Crippen LogP contribution in [0.1, 0.15) is 43.2 Å². The van der Waals surface area contributed by atoms with Crippen molar-refractivity contribution in [1.29, 1.82) is 0 Å². The lowest BCUT2D eigenvalue weighted by molar-refractivity contribution is -0.124. The van der Waals surface area contributed by atoms with Gasteiger partial charge in [0, 0.05) is 43.5 Å². The molecule has 37 heavy (non-hydrogen) atoms. The number of hydrogen-bond acceptors (Lipinski definition) is 6. The summed E-state index contributed by atoms with van der Waals surface area (Å²) in [4.78, 5) is 31.9. The average molecular weight is 505 g/mol. The summed E-state index contributed by atoms with van der Waals surface area (Å²) in [5, 5.41) is 6.81. The molecule has 0 saturated carbocycles. The minimum Gasteiger partial charge on any atom is -0.493 e. The van der Waals surface area contributed by atoms with E-state index in [1.54, 1.807) is 14.2 Å². The van der Waals surface area contributed by atoms with Crippen LogP contribution in [0.3, 0.4) is 0 Å². The maximum atomic E-state index is 12.5. The van der Waals surface area contributed by atoms with E-state index in [1.165, 1.54) is 19.3 Å². The fourth-order valence-corrected chi connectivity index (χ4v) is 4.66. The Bertz CT molecular complexity index is 1250. The zero-order chi connectivity index (χ0) is 26.2. The number of fused-ring (bicyclic) bond motifs is 1. The number of methoxy groups -OCH3 is 2. The molecular formula is C29H36N4O4. The highest BCUT2D eigenvalue weighted by molar-refractivity contribution is 5.96. The van der Waals surface area contributed by atoms with E-state index in [-0.39, 0.29) is 24.7 Å². The number of carbonyl (C=O) groups excluding carboxylic acids is 2. The molecule has 8 heteroatoms. The predicted octanol–water partition coefficient (Wildman–Crippen LogP) is 4.63. The van der Waals surface area contributed by atoms with Gasteiger partial charge in [-0.2, -0.15) is 0 Å². The van der Waals surface area contributed by atoms with Gasteiger partial charge in [0.05, 0.1) is 19.7 Å². The molecule has 1 saturated heterocycles. The Morgan fingerprint density at radius 1 is 0.919 bits per heavy atom. The molecule has 1 aromatic heterocycles. The number of pyridine rings is 1. The topological polar surface area (TPSA) is 92.8 Å². The van der Waals surface area contributed by atoms with E-state index >= 15 is 0 Å². The van der Waals surface area contributed by atoms with E-state index in [0.717, 1.165) is 40.9 Å². The monoisotopic (exact) mass is 504 g/mol. The van der Waals surface area contributed by atoms with Crippen LogP contribution in [0.2, 0.25) is 0 Å². The van der Waals surface area contributed by atoms with Crippen molar-refractivity contribution in [2.75, 3.05) is 44.1 Å². The number of benzene rings is 2. The zero-order valence-corrected chi connectivity index (χ0v) is 21.9. The molecule has 1 aliphatic rings. The van der Waals surface area contributed by atoms with Gasteiger partial charge in [0.15, 0.2) is 11.5 Å². The molecule has 0 aliphatic carbocycles. The standard InChI is InChI=1S/C29H36N4O4/c1-20-17-27(33-15-5-4-6-16-33)32-24-9-8-22(19-23(20)24)31-29(35)12-11-28(34)30-14-13-21-7-10-25(36-2)26(18-21)37-3/h7-10,17-19H,4-6,11-16H2,1-3H3,(H,30,34)(H,31,35). The zero-order valence-electron chi connectivity index (χ0n) is 21.9. The summed E-state index contributed by atoms with van der Waals surface area (Å²) >= 11 is 0. The molecule has 0 spiro atoms. The van der Waals surface area contributed by atoms with Gasteiger partial charge in [-0.25, -0.2) is 4.98 Å². The largest absolute Gasteiger partial charge is 0.493 e. The van der Waals surface area contributed by atoms with Crippen LogP contribution < -0.4 is 25.0 Å². The maximum absolute atomic E-state index is 12.5. The number of nitrogens with zero attached hydrogens (tertiary/aromatic N) is 2. The van der Waals surface area contributed by atoms with Gasteiger partial charge >= 0.3 is 0 Å². The van der Waals surface area contributed by atoms with E-state index in [4.69, 9.17) is 14.5 Å². The third-order valence-corrected chi connectivity index (χ3v) is 6.73. The summed E-state index contributed by atoms with van der Waals surface area (Å²) < 4.78 is 10.6. The minimum absolute atomic E-state index is 0.116. The fraction of sp³-hybridized carbons (Fsp3) is 0.414. The van der Waals surface area contributed by atoms with Gasteiger partial charge < -0.3 is 25.0 Å². The molecule has 8 nitrogen and oxygen atoms in total. The molecule has 196 valence electrons. The molecule has 1 fully saturated rings. The van der Waals surface area contributed by atoms with Crippen molar-refractivity contribution < 1.29 is 19.1 Å². The van der Waals surface area contributed by atoms with Crippen LogP contribution in [0.25, 0.3) is 10.9 Å². The van der Waals surface area contributed by atoms with Crippen LogP contribution in [0, 0.1) is 6.92 Å². The first-order chi connectivity index (χ1) is 18.0. The molecule has 3 aromatic rings. The number of amides is 2. The van der Waals surface area contributed by atoms with E-state index in [0.29, 0.717) is 30.2 Å². The van der Waals surface area contributed by atoms with Gasteiger partial charge in [0.1, 0.15) is 5.82 Å². The van der Waals surface area contributed by atoms with Crippen LogP contribution >= 0.6 is 0 Å². The van der Waals surface area contributed by atoms with Gasteiger partial charge in [0.25, 0.3) is 0 Å². The highest BCUT2D eigenvalue weighted by atomic mass is 16.5. The molecular weight excluding hydrogens is 468 g/mol. The maximum Gasteiger partial charge on any atom is 0.224 e. The van der Waals surface area contributed by atoms with Crippen molar-refractivity contribution in [3.63, 3.8) is 0 Å². The van der Waals surface area contributed by atoms with E-state index in [2.05, 4.69) is 28.5 Å². The van der Waals surface area contributed by atoms with Gasteiger partial charge in [-0.05, 0) is 80.1 Å². The smallest absolute Gasteiger partial charge is 0.224 e. The molecule has 1 aliphatic heterocycles. The summed E-state index contributed by atoms with van der Waals surface area (Å²) in [5.74, 6) is 2.01. The second-order valence-electron chi connectivity index (χ2n) is 9.41. The molecule has 2 N–H and O–H groups in total. The number of ether oxygens (including phenoxy) is 2. The number of aromatic nitrogens is 1. The predicted molar refractivity (Wildman–Crippen MR) is 147 cm³/mol. The van der Waals surface area contributed by atoms with E-state index < -0.39 is 0 Å². The molecule has 0 bridgehead atoms. The number of hydrogen-bond donors (Lipinski definition) is 2. The molecule has 0 radical (unpaired) electrons. The van der Waals surface area contributed by atoms with Crippen molar-refractivity contribution in [3.05, 3.63) is 53.6 Å². The molecule has 0 atom stereocenters. The van der Waals surface area contributed by atoms with Crippen molar-refractivity contribution in [1.82, 2.24) is 10.3 Å². The number of carbonyl (C=O) groups is 2. The van der Waals surface area contributed by atoms with Crippen LogP contribution in [0.15, 0.2) is 42.5 Å². The molecule has 0 unspecified atom stereocenters. The second kappa shape index (κ2) is 12.4. The van der Waals surface area contributed by atoms with Crippen LogP contribution in [0.4, 0.5) is 11.5 Å². The number of rotatable bonds is 10. The van der Waals surface area contributed by atoms with Crippen molar-refractivity contribution in [3.8, 4) is 11.5 Å². The van der Waals surface area contributed by atoms with Crippen LogP contribution in [0.5, 0.6) is 11.5 Å². The lowest BCUT2D eigenvalue weighted by atomic mass is 10.1. The lowest BCUT2D eigenvalue weighted by Crippen LogP contribution is -2.30. The SMILES string of the molecule is COc1ccc(CCNC(=O)CCC(=O)Nc2ccc3nc(N4CCCCC4)cc(C)c3c2)cc1OC. The van der Waals surface area contributed by atoms with Gasteiger partial charge in [-0.3, -0.25) is 9.59 Å². The Morgan fingerprint density at radius 3 is 2.43 bits per heavy atom. The first-order valence-corrected chi connectivity index (χ1v) is 12.9. The summed E-state index contributed by atoms with van der Waals surface area (Å²) in [7, 11) is 3.19. The Balaban J connectivity index is 1.25. The first kappa shape index (κ1) is 26.3. The van der Waals surface area contributed by atoms with E-state index in [9.17, 15) is 9.59 Å². The summed E-state index contributed by atoms with van der Waals surface area (Å²) in [6.07, 6.45) is 4.60. The quantitative estimate of drug-likeness (QED) is 0.418. The summed E-state index contributed by atoms with van der Waals surface area (Å²) in [6.45, 7) is 4.66. The Labute approximate surface area is 218 Å². The third kappa shape index (κ3) is 6.90. The number of aryl methyl sites for hydroxylation is 1. The minimum atomic E-state index is -0.190. The lowest BCUT2D eigenvalue weighted by Gasteiger charge is -2.28. The Kier molecular flexibility index (Phi) is 8.82. The number of nitrogens with one attached hydrogen (secondary N) is 2. The van der Waals surface area contributed by atoms with Crippen molar-refractivity contribution >= 4 is 34.2 Å². The van der Waals surface area contributed by atoms with Crippen LogP contribution in [-0.2, 0) is 16.0 Å². The summed E-state index contributed by atoms with van der Waals surface area (Å²) in [5.41, 5.74) is 3.80. The number of anilines is 2. The highest BCUT2D eigenvalue weighted by Crippen LogP contribution is 2.28.